The average molecular weight is 610 g/mol. The number of fused-ring (bicyclic) bond motifs is 5. The van der Waals surface area contributed by atoms with Crippen molar-refractivity contribution >= 4 is 23.9 Å². The van der Waals surface area contributed by atoms with Gasteiger partial charge in [-0.25, -0.2) is 9.59 Å². The quantitative estimate of drug-likeness (QED) is 0.147. The highest BCUT2D eigenvalue weighted by Gasteiger charge is 2.70. The summed E-state index contributed by atoms with van der Waals surface area (Å²) in [4.78, 5) is 65.1. The smallest absolute Gasteiger partial charge is 0.435 e. The van der Waals surface area contributed by atoms with Gasteiger partial charge in [0.1, 0.15) is 13.2 Å². The molecule has 4 rings (SSSR count). The number of ketones is 2. The second-order valence-corrected chi connectivity index (χ2v) is 11.8. The summed E-state index contributed by atoms with van der Waals surface area (Å²) in [7, 11) is 0. The molecule has 238 valence electrons. The van der Waals surface area contributed by atoms with Gasteiger partial charge in [0, 0.05) is 16.7 Å². The Morgan fingerprint density at radius 2 is 1.81 bits per heavy atom. The molecule has 0 aromatic heterocycles. The van der Waals surface area contributed by atoms with Crippen molar-refractivity contribution < 1.29 is 57.9 Å². The molecule has 0 aromatic rings. The van der Waals surface area contributed by atoms with Gasteiger partial charge >= 0.3 is 12.3 Å². The van der Waals surface area contributed by atoms with Crippen LogP contribution in [0.2, 0.25) is 0 Å². The lowest BCUT2D eigenvalue weighted by Gasteiger charge is -2.59. The predicted octanol–water partition coefficient (Wildman–Crippen LogP) is 3.12. The van der Waals surface area contributed by atoms with Gasteiger partial charge < -0.3 is 33.6 Å². The van der Waals surface area contributed by atoms with Gasteiger partial charge in [-0.05, 0) is 63.0 Å². The van der Waals surface area contributed by atoms with E-state index in [1.807, 2.05) is 19.9 Å². The standard InChI is InChI=1S/C29H39NO13/c1-4-39-26(35)43-29(23(33)17-41-25(34)40-13-11-38-12-14-42-30(36)37)10-8-21-20-6-5-18-15-19(31)7-9-27(18,2)24(20)22(32)16-28(21,29)3/h7,9,15,20-22,24,32H,4-6,8,10-14,16-17H2,1-3H3/t20?,21?,22-,24?,27-,28-,29-/m0/s1. The molecule has 0 amide bonds. The van der Waals surface area contributed by atoms with Crippen molar-refractivity contribution in [3.63, 3.8) is 0 Å². The van der Waals surface area contributed by atoms with Crippen LogP contribution in [0.3, 0.4) is 0 Å². The monoisotopic (exact) mass is 609 g/mol. The first-order valence-electron chi connectivity index (χ1n) is 14.5. The highest BCUT2D eigenvalue weighted by atomic mass is 17.0. The van der Waals surface area contributed by atoms with Gasteiger partial charge in [-0.15, -0.1) is 10.1 Å². The van der Waals surface area contributed by atoms with Crippen LogP contribution in [0.5, 0.6) is 0 Å². The van der Waals surface area contributed by atoms with Crippen LogP contribution in [-0.2, 0) is 38.1 Å². The van der Waals surface area contributed by atoms with E-state index in [4.69, 9.17) is 23.7 Å². The molecule has 0 aliphatic heterocycles. The molecule has 1 N–H and O–H groups in total. The van der Waals surface area contributed by atoms with Crippen molar-refractivity contribution in [1.82, 2.24) is 0 Å². The first kappa shape index (κ1) is 32.4. The molecule has 7 atom stereocenters. The summed E-state index contributed by atoms with van der Waals surface area (Å²) < 4.78 is 25.9. The average Bonchev–Trinajstić information content (AvgIpc) is 3.23. The van der Waals surface area contributed by atoms with Crippen LogP contribution < -0.4 is 0 Å². The number of hydrogen-bond acceptors (Lipinski definition) is 13. The lowest BCUT2D eigenvalue weighted by atomic mass is 9.46. The minimum atomic E-state index is -1.72. The Hall–Kier alpha value is -3.52. The van der Waals surface area contributed by atoms with E-state index in [0.29, 0.717) is 19.3 Å². The molecular weight excluding hydrogens is 570 g/mol. The van der Waals surface area contributed by atoms with E-state index in [-0.39, 0.29) is 69.4 Å². The van der Waals surface area contributed by atoms with Crippen LogP contribution in [0.1, 0.15) is 52.9 Å². The molecule has 0 bridgehead atoms. The second-order valence-electron chi connectivity index (χ2n) is 11.8. The number of nitrogens with zero attached hydrogens (tertiary/aromatic N) is 1. The molecule has 43 heavy (non-hydrogen) atoms. The number of carbonyl (C=O) groups excluding carboxylic acids is 4. The van der Waals surface area contributed by atoms with Gasteiger partial charge in [0.05, 0.1) is 25.9 Å². The third kappa shape index (κ3) is 6.26. The summed E-state index contributed by atoms with van der Waals surface area (Å²) >= 11 is 0. The molecule has 3 fully saturated rings. The third-order valence-corrected chi connectivity index (χ3v) is 9.78. The Kier molecular flexibility index (Phi) is 9.79. The van der Waals surface area contributed by atoms with Crippen LogP contribution in [0, 0.1) is 38.7 Å². The minimum absolute atomic E-state index is 0.0177. The van der Waals surface area contributed by atoms with Crippen molar-refractivity contribution in [2.24, 2.45) is 28.6 Å². The minimum Gasteiger partial charge on any atom is -0.435 e. The van der Waals surface area contributed by atoms with E-state index in [1.54, 1.807) is 19.1 Å². The van der Waals surface area contributed by atoms with Crippen molar-refractivity contribution in [1.29, 1.82) is 0 Å². The molecule has 0 saturated heterocycles. The van der Waals surface area contributed by atoms with Crippen molar-refractivity contribution in [3.05, 3.63) is 33.9 Å². The van der Waals surface area contributed by atoms with Gasteiger partial charge in [-0.2, -0.15) is 0 Å². The van der Waals surface area contributed by atoms with Crippen LogP contribution in [0.25, 0.3) is 0 Å². The number of carbonyl (C=O) groups is 4. The molecule has 3 unspecified atom stereocenters. The lowest BCUT2D eigenvalue weighted by molar-refractivity contribution is -0.758. The summed E-state index contributed by atoms with van der Waals surface area (Å²) in [6, 6.07) is 0. The maximum Gasteiger partial charge on any atom is 0.509 e. The Bertz CT molecular complexity index is 1180. The Labute approximate surface area is 248 Å². The van der Waals surface area contributed by atoms with Crippen molar-refractivity contribution in [3.8, 4) is 0 Å². The topological polar surface area (TPSA) is 187 Å². The maximum atomic E-state index is 13.9. The lowest BCUT2D eigenvalue weighted by Crippen LogP contribution is -2.63. The number of allylic oxidation sites excluding steroid dienone is 4. The van der Waals surface area contributed by atoms with Gasteiger partial charge in [0.15, 0.2) is 18.0 Å². The summed E-state index contributed by atoms with van der Waals surface area (Å²) in [6.07, 6.45) is 4.29. The Morgan fingerprint density at radius 1 is 1.07 bits per heavy atom. The molecule has 0 radical (unpaired) electrons. The first-order valence-corrected chi connectivity index (χ1v) is 14.5. The number of Topliss-reactive ketones (excluding diaryl/α,β-unsaturated/α-hetero) is 1. The van der Waals surface area contributed by atoms with E-state index < -0.39 is 52.3 Å². The maximum absolute atomic E-state index is 13.9. The van der Waals surface area contributed by atoms with E-state index in [2.05, 4.69) is 4.84 Å². The van der Waals surface area contributed by atoms with E-state index in [1.165, 1.54) is 0 Å². The van der Waals surface area contributed by atoms with Crippen LogP contribution >= 0.6 is 0 Å². The fraction of sp³-hybridized carbons (Fsp3) is 0.724. The van der Waals surface area contributed by atoms with Gasteiger partial charge in [0.25, 0.3) is 5.09 Å². The molecule has 3 saturated carbocycles. The SMILES string of the molecule is CCOC(=O)O[C@]1(C(=O)COC(=O)OCCOCCO[N+](=O)[O-])CCC2C3CCC4=CC(=O)C=C[C@]4(C)C3[C@@H](O)C[C@@]21C. The normalized spacial score (nSPS) is 34.1. The summed E-state index contributed by atoms with van der Waals surface area (Å²) in [5.41, 5.74) is -2.22. The molecule has 4 aliphatic rings. The number of rotatable bonds is 12. The molecule has 4 aliphatic carbocycles. The van der Waals surface area contributed by atoms with Crippen LogP contribution in [-0.4, -0.2) is 85.4 Å². The molecule has 14 nitrogen and oxygen atoms in total. The van der Waals surface area contributed by atoms with E-state index in [0.717, 1.165) is 5.57 Å². The van der Waals surface area contributed by atoms with Crippen molar-refractivity contribution in [2.75, 3.05) is 39.6 Å². The molecular formula is C29H39NO13. The van der Waals surface area contributed by atoms with Crippen LogP contribution in [0.15, 0.2) is 23.8 Å². The largest absolute Gasteiger partial charge is 0.509 e. The van der Waals surface area contributed by atoms with Gasteiger partial charge in [0.2, 0.25) is 5.78 Å². The zero-order valence-corrected chi connectivity index (χ0v) is 24.6. The fourth-order valence-electron chi connectivity index (χ4n) is 8.03. The second kappa shape index (κ2) is 13.0. The molecule has 0 spiro atoms. The van der Waals surface area contributed by atoms with Gasteiger partial charge in [-0.3, -0.25) is 9.59 Å². The fourth-order valence-corrected chi connectivity index (χ4v) is 8.03. The summed E-state index contributed by atoms with van der Waals surface area (Å²) in [5.74, 6) is -1.03. The zero-order chi connectivity index (χ0) is 31.4. The Balaban J connectivity index is 1.47. The first-order chi connectivity index (χ1) is 20.4. The number of aliphatic hydroxyl groups is 1. The highest BCUT2D eigenvalue weighted by Crippen LogP contribution is 2.68. The predicted molar refractivity (Wildman–Crippen MR) is 145 cm³/mol. The highest BCUT2D eigenvalue weighted by molar-refractivity contribution is 6.01. The van der Waals surface area contributed by atoms with E-state index >= 15 is 0 Å². The molecule has 14 heteroatoms. The summed E-state index contributed by atoms with van der Waals surface area (Å²) in [5, 5.41) is 20.8. The molecule has 0 heterocycles. The van der Waals surface area contributed by atoms with Gasteiger partial charge in [-0.1, -0.05) is 25.5 Å². The molecule has 0 aromatic carbocycles. The number of ether oxygens (including phenoxy) is 5. The van der Waals surface area contributed by atoms with E-state index in [9.17, 15) is 34.4 Å². The summed E-state index contributed by atoms with van der Waals surface area (Å²) in [6.45, 7) is 4.08. The third-order valence-electron chi connectivity index (χ3n) is 9.78. The number of hydrogen-bond donors (Lipinski definition) is 1. The van der Waals surface area contributed by atoms with Crippen LogP contribution in [0.4, 0.5) is 9.59 Å². The van der Waals surface area contributed by atoms with Crippen molar-refractivity contribution in [2.45, 2.75) is 64.6 Å². The Morgan fingerprint density at radius 3 is 2.53 bits per heavy atom. The zero-order valence-electron chi connectivity index (χ0n) is 24.6. The number of aliphatic hydroxyl groups excluding tert-OH is 1.